The summed E-state index contributed by atoms with van der Waals surface area (Å²) >= 11 is 0. The van der Waals surface area contributed by atoms with Gasteiger partial charge in [-0.2, -0.15) is 0 Å². The van der Waals surface area contributed by atoms with E-state index < -0.39 is 0 Å². The van der Waals surface area contributed by atoms with E-state index in [4.69, 9.17) is 9.15 Å². The third kappa shape index (κ3) is 1.95. The number of fused-ring (bicyclic) bond motifs is 3. The highest BCUT2D eigenvalue weighted by Gasteiger charge is 2.11. The van der Waals surface area contributed by atoms with Crippen LogP contribution in [0.3, 0.4) is 0 Å². The summed E-state index contributed by atoms with van der Waals surface area (Å²) in [4.78, 5) is 12.1. The number of rotatable bonds is 3. The standard InChI is InChI=1S/C17H16O3/c1-3-10-19-15-9-8-13-12-6-4-5-7-14(12)17(18)20-16(13)11(15)2/h4-9H,3,10H2,1-2H3. The molecule has 20 heavy (non-hydrogen) atoms. The van der Waals surface area contributed by atoms with Crippen molar-refractivity contribution >= 4 is 21.7 Å². The molecular formula is C17H16O3. The summed E-state index contributed by atoms with van der Waals surface area (Å²) in [6.45, 7) is 4.64. The number of ether oxygens (including phenoxy) is 1. The Morgan fingerprint density at radius 3 is 2.55 bits per heavy atom. The molecule has 3 rings (SSSR count). The van der Waals surface area contributed by atoms with Gasteiger partial charge >= 0.3 is 5.63 Å². The van der Waals surface area contributed by atoms with E-state index in [1.54, 1.807) is 6.07 Å². The molecule has 3 aromatic rings. The van der Waals surface area contributed by atoms with Crippen LogP contribution in [0.15, 0.2) is 45.6 Å². The van der Waals surface area contributed by atoms with Gasteiger partial charge in [-0.15, -0.1) is 0 Å². The van der Waals surface area contributed by atoms with Crippen molar-refractivity contribution in [1.82, 2.24) is 0 Å². The molecule has 3 nitrogen and oxygen atoms in total. The molecule has 0 amide bonds. The molecule has 0 saturated heterocycles. The lowest BCUT2D eigenvalue weighted by Gasteiger charge is -2.10. The van der Waals surface area contributed by atoms with Crippen LogP contribution >= 0.6 is 0 Å². The van der Waals surface area contributed by atoms with E-state index in [0.29, 0.717) is 17.6 Å². The monoisotopic (exact) mass is 268 g/mol. The molecular weight excluding hydrogens is 252 g/mol. The first kappa shape index (κ1) is 12.7. The van der Waals surface area contributed by atoms with Gasteiger partial charge in [0.2, 0.25) is 0 Å². The Hall–Kier alpha value is -2.29. The Morgan fingerprint density at radius 1 is 1.05 bits per heavy atom. The van der Waals surface area contributed by atoms with Gasteiger partial charge in [0.15, 0.2) is 0 Å². The van der Waals surface area contributed by atoms with Crippen LogP contribution in [0.1, 0.15) is 18.9 Å². The fourth-order valence-corrected chi connectivity index (χ4v) is 2.43. The molecule has 0 aliphatic carbocycles. The Bertz CT molecular complexity index is 831. The average Bonchev–Trinajstić information content (AvgIpc) is 2.48. The molecule has 0 spiro atoms. The Kier molecular flexibility index (Phi) is 3.18. The highest BCUT2D eigenvalue weighted by Crippen LogP contribution is 2.30. The minimum atomic E-state index is -0.302. The lowest BCUT2D eigenvalue weighted by atomic mass is 10.0. The van der Waals surface area contributed by atoms with Crippen LogP contribution in [-0.4, -0.2) is 6.61 Å². The van der Waals surface area contributed by atoms with Crippen molar-refractivity contribution < 1.29 is 9.15 Å². The maximum absolute atomic E-state index is 12.1. The molecule has 0 fully saturated rings. The van der Waals surface area contributed by atoms with Crippen LogP contribution in [0.25, 0.3) is 21.7 Å². The van der Waals surface area contributed by atoms with Crippen molar-refractivity contribution in [2.24, 2.45) is 0 Å². The van der Waals surface area contributed by atoms with Crippen LogP contribution in [0, 0.1) is 6.92 Å². The van der Waals surface area contributed by atoms with Crippen LogP contribution in [0.5, 0.6) is 5.75 Å². The van der Waals surface area contributed by atoms with E-state index >= 15 is 0 Å². The highest BCUT2D eigenvalue weighted by molar-refractivity contribution is 6.05. The van der Waals surface area contributed by atoms with Gasteiger partial charge in [0.25, 0.3) is 0 Å². The van der Waals surface area contributed by atoms with Gasteiger partial charge in [-0.05, 0) is 36.9 Å². The zero-order valence-corrected chi connectivity index (χ0v) is 11.6. The van der Waals surface area contributed by atoms with Crippen LogP contribution < -0.4 is 10.4 Å². The second-order valence-electron chi connectivity index (χ2n) is 4.85. The summed E-state index contributed by atoms with van der Waals surface area (Å²) in [5.74, 6) is 0.776. The largest absolute Gasteiger partial charge is 0.493 e. The SMILES string of the molecule is CCCOc1ccc2c(oc(=O)c3ccccc32)c1C. The van der Waals surface area contributed by atoms with E-state index in [1.165, 1.54) is 0 Å². The first-order valence-corrected chi connectivity index (χ1v) is 6.80. The lowest BCUT2D eigenvalue weighted by Crippen LogP contribution is -2.02. The Morgan fingerprint density at radius 2 is 1.80 bits per heavy atom. The third-order valence-electron chi connectivity index (χ3n) is 3.45. The molecule has 102 valence electrons. The maximum Gasteiger partial charge on any atom is 0.344 e. The van der Waals surface area contributed by atoms with Gasteiger partial charge in [0, 0.05) is 10.9 Å². The van der Waals surface area contributed by atoms with Gasteiger partial charge in [0.1, 0.15) is 11.3 Å². The summed E-state index contributed by atoms with van der Waals surface area (Å²) in [6.07, 6.45) is 0.944. The van der Waals surface area contributed by atoms with Crippen molar-refractivity contribution in [3.05, 3.63) is 52.4 Å². The first-order valence-electron chi connectivity index (χ1n) is 6.80. The first-order chi connectivity index (χ1) is 9.72. The highest BCUT2D eigenvalue weighted by atomic mass is 16.5. The van der Waals surface area contributed by atoms with Gasteiger partial charge in [-0.3, -0.25) is 0 Å². The number of hydrogen-bond donors (Lipinski definition) is 0. The van der Waals surface area contributed by atoms with Crippen molar-refractivity contribution in [3.63, 3.8) is 0 Å². The smallest absolute Gasteiger partial charge is 0.344 e. The molecule has 0 atom stereocenters. The molecule has 0 unspecified atom stereocenters. The average molecular weight is 268 g/mol. The Balaban J connectivity index is 2.33. The second-order valence-corrected chi connectivity index (χ2v) is 4.85. The molecule has 3 heteroatoms. The summed E-state index contributed by atoms with van der Waals surface area (Å²) in [6, 6.07) is 11.4. The van der Waals surface area contributed by atoms with Gasteiger partial charge in [0.05, 0.1) is 12.0 Å². The molecule has 0 bridgehead atoms. The molecule has 0 saturated carbocycles. The van der Waals surface area contributed by atoms with E-state index in [-0.39, 0.29) is 5.63 Å². The molecule has 2 aromatic carbocycles. The fraction of sp³-hybridized carbons (Fsp3) is 0.235. The van der Waals surface area contributed by atoms with Crippen LogP contribution in [0.4, 0.5) is 0 Å². The fourth-order valence-electron chi connectivity index (χ4n) is 2.43. The topological polar surface area (TPSA) is 39.4 Å². The van der Waals surface area contributed by atoms with Gasteiger partial charge in [-0.1, -0.05) is 25.1 Å². The normalized spacial score (nSPS) is 11.1. The molecule has 0 radical (unpaired) electrons. The number of hydrogen-bond acceptors (Lipinski definition) is 3. The quantitative estimate of drug-likeness (QED) is 0.531. The lowest BCUT2D eigenvalue weighted by molar-refractivity contribution is 0.315. The van der Waals surface area contributed by atoms with E-state index in [1.807, 2.05) is 37.3 Å². The van der Waals surface area contributed by atoms with Crippen molar-refractivity contribution in [1.29, 1.82) is 0 Å². The molecule has 1 heterocycles. The van der Waals surface area contributed by atoms with Crippen LogP contribution in [0.2, 0.25) is 0 Å². The van der Waals surface area contributed by atoms with Gasteiger partial charge < -0.3 is 9.15 Å². The second kappa shape index (κ2) is 5.00. The Labute approximate surface area is 116 Å². The van der Waals surface area contributed by atoms with E-state index in [2.05, 4.69) is 6.92 Å². The van der Waals surface area contributed by atoms with Crippen molar-refractivity contribution in [2.45, 2.75) is 20.3 Å². The maximum atomic E-state index is 12.1. The van der Waals surface area contributed by atoms with Crippen molar-refractivity contribution in [3.8, 4) is 5.75 Å². The number of benzene rings is 2. The molecule has 0 aliphatic heterocycles. The van der Waals surface area contributed by atoms with E-state index in [0.717, 1.165) is 28.5 Å². The zero-order chi connectivity index (χ0) is 14.1. The summed E-state index contributed by atoms with van der Waals surface area (Å²) in [5.41, 5.74) is 1.19. The van der Waals surface area contributed by atoms with Crippen molar-refractivity contribution in [2.75, 3.05) is 6.61 Å². The minimum absolute atomic E-state index is 0.302. The van der Waals surface area contributed by atoms with E-state index in [9.17, 15) is 4.79 Å². The summed E-state index contributed by atoms with van der Waals surface area (Å²) in [5, 5.41) is 2.48. The number of aryl methyl sites for hydroxylation is 1. The van der Waals surface area contributed by atoms with Crippen LogP contribution in [-0.2, 0) is 0 Å². The molecule has 1 aromatic heterocycles. The molecule has 0 N–H and O–H groups in total. The summed E-state index contributed by atoms with van der Waals surface area (Å²) in [7, 11) is 0. The predicted octanol–water partition coefficient (Wildman–Crippen LogP) is 4.04. The summed E-state index contributed by atoms with van der Waals surface area (Å²) < 4.78 is 11.2. The minimum Gasteiger partial charge on any atom is -0.493 e. The zero-order valence-electron chi connectivity index (χ0n) is 11.6. The third-order valence-corrected chi connectivity index (χ3v) is 3.45. The van der Waals surface area contributed by atoms with Gasteiger partial charge in [-0.25, -0.2) is 4.79 Å². The molecule has 0 aliphatic rings. The predicted molar refractivity (Wildman–Crippen MR) is 80.5 cm³/mol.